The lowest BCUT2D eigenvalue weighted by atomic mass is 9.86. The maximum atomic E-state index is 14.2. The van der Waals surface area contributed by atoms with E-state index in [2.05, 4.69) is 31.9 Å². The lowest BCUT2D eigenvalue weighted by Crippen LogP contribution is -2.59. The molecular formula is C35H42N6O7S. The number of ether oxygens (including phenoxy) is 2. The maximum Gasteiger partial charge on any atom is 0.254 e. The number of carbonyl (C=O) groups excluding carboxylic acids is 3. The van der Waals surface area contributed by atoms with Crippen LogP contribution in [-0.2, 0) is 24.4 Å². The molecule has 14 heteroatoms. The van der Waals surface area contributed by atoms with E-state index in [1.807, 2.05) is 39.0 Å². The van der Waals surface area contributed by atoms with Crippen LogP contribution < -0.4 is 24.8 Å². The zero-order valence-electron chi connectivity index (χ0n) is 28.0. The predicted molar refractivity (Wildman–Crippen MR) is 183 cm³/mol. The second kappa shape index (κ2) is 13.0. The summed E-state index contributed by atoms with van der Waals surface area (Å²) >= 11 is 0. The number of likely N-dealkylation sites (tertiary alicyclic amines) is 1. The van der Waals surface area contributed by atoms with Crippen LogP contribution in [0.25, 0.3) is 10.8 Å². The van der Waals surface area contributed by atoms with Gasteiger partial charge in [0.15, 0.2) is 0 Å². The van der Waals surface area contributed by atoms with Gasteiger partial charge in [-0.25, -0.2) is 13.4 Å². The highest BCUT2D eigenvalue weighted by atomic mass is 32.2. The molecule has 2 aromatic heterocycles. The molecule has 49 heavy (non-hydrogen) atoms. The van der Waals surface area contributed by atoms with Crippen LogP contribution in [0.4, 0.5) is 5.69 Å². The summed E-state index contributed by atoms with van der Waals surface area (Å²) in [5.74, 6) is -1.31. The lowest BCUT2D eigenvalue weighted by Gasteiger charge is -2.34. The van der Waals surface area contributed by atoms with Crippen LogP contribution in [0.2, 0.25) is 0 Å². The van der Waals surface area contributed by atoms with E-state index >= 15 is 0 Å². The molecule has 13 nitrogen and oxygen atoms in total. The molecule has 6 rings (SSSR count). The van der Waals surface area contributed by atoms with E-state index < -0.39 is 68.1 Å². The molecule has 3 heterocycles. The molecule has 0 radical (unpaired) electrons. The predicted octanol–water partition coefficient (Wildman–Crippen LogP) is 3.18. The van der Waals surface area contributed by atoms with Crippen molar-refractivity contribution in [2.45, 2.75) is 75.4 Å². The minimum Gasteiger partial charge on any atom is -0.497 e. The number of benzene rings is 1. The monoisotopic (exact) mass is 690 g/mol. The third kappa shape index (κ3) is 6.97. The summed E-state index contributed by atoms with van der Waals surface area (Å²) in [5, 5.41) is 6.73. The first-order valence-electron chi connectivity index (χ1n) is 16.3. The molecule has 2 aliphatic carbocycles. The van der Waals surface area contributed by atoms with E-state index in [1.165, 1.54) is 0 Å². The topological polar surface area (TPSA) is 169 Å². The molecule has 1 saturated heterocycles. The van der Waals surface area contributed by atoms with Crippen LogP contribution in [0.15, 0.2) is 67.6 Å². The molecule has 1 aliphatic heterocycles. The number of aromatic nitrogens is 2. The second-order valence-corrected chi connectivity index (χ2v) is 16.0. The van der Waals surface area contributed by atoms with Crippen LogP contribution >= 0.6 is 0 Å². The Labute approximate surface area is 285 Å². The molecule has 1 aromatic carbocycles. The van der Waals surface area contributed by atoms with E-state index in [9.17, 15) is 22.8 Å². The number of carbonyl (C=O) groups is 3. The molecule has 3 N–H and O–H groups in total. The van der Waals surface area contributed by atoms with Crippen molar-refractivity contribution >= 4 is 44.2 Å². The first-order valence-corrected chi connectivity index (χ1v) is 17.9. The van der Waals surface area contributed by atoms with E-state index in [0.717, 1.165) is 10.8 Å². The molecule has 0 bridgehead atoms. The Hall–Kier alpha value is -4.56. The maximum absolute atomic E-state index is 14.2. The number of pyridine rings is 2. The molecular weight excluding hydrogens is 648 g/mol. The van der Waals surface area contributed by atoms with E-state index in [0.29, 0.717) is 30.2 Å². The van der Waals surface area contributed by atoms with Gasteiger partial charge >= 0.3 is 0 Å². The highest BCUT2D eigenvalue weighted by molar-refractivity contribution is 7.91. The second-order valence-electron chi connectivity index (χ2n) is 14.0. The Morgan fingerprint density at radius 1 is 1.14 bits per heavy atom. The fraction of sp³-hybridized carbons (Fsp3) is 0.457. The molecule has 3 aromatic rings. The van der Waals surface area contributed by atoms with Gasteiger partial charge < -0.3 is 14.8 Å². The van der Waals surface area contributed by atoms with Gasteiger partial charge in [-0.2, -0.15) is 0 Å². The average molecular weight is 691 g/mol. The summed E-state index contributed by atoms with van der Waals surface area (Å²) in [6.45, 7) is 9.61. The van der Waals surface area contributed by atoms with Crippen molar-refractivity contribution in [1.82, 2.24) is 24.9 Å². The Kier molecular flexibility index (Phi) is 9.14. The van der Waals surface area contributed by atoms with E-state index in [4.69, 9.17) is 9.47 Å². The standard InChI is InChI=1S/C35H42N6O7S/c1-6-22-18-35(22,33(44)40-49(45,46)26-10-11-26)41-20-25(48-32-27-12-9-24(47-5)16-21(27)13-15-37-32)17-28(41)30(42)39-31(43)29(34(2,3)4)38-23-8-7-14-36-19-23/h6-9,12-16,19,22,25-26,28-29,38H,1,10-11,17-18,20H2,2-5H3,(H,40,44)(H,39,42,43)/t22-,25-,28+,29-,35-/m1/s1. The summed E-state index contributed by atoms with van der Waals surface area (Å²) in [6.07, 6.45) is 7.13. The van der Waals surface area contributed by atoms with Gasteiger partial charge in [-0.15, -0.1) is 6.58 Å². The van der Waals surface area contributed by atoms with Gasteiger partial charge in [0.1, 0.15) is 23.4 Å². The van der Waals surface area contributed by atoms with Crippen molar-refractivity contribution in [3.05, 3.63) is 67.6 Å². The first kappa shape index (κ1) is 34.3. The zero-order chi connectivity index (χ0) is 35.1. The largest absolute Gasteiger partial charge is 0.497 e. The number of rotatable bonds is 12. The Balaban J connectivity index is 1.30. The number of anilines is 1. The van der Waals surface area contributed by atoms with Gasteiger partial charge in [-0.3, -0.25) is 34.3 Å². The summed E-state index contributed by atoms with van der Waals surface area (Å²) in [7, 11) is -2.30. The van der Waals surface area contributed by atoms with Crippen molar-refractivity contribution in [2.75, 3.05) is 19.0 Å². The molecule has 3 aliphatic rings. The van der Waals surface area contributed by atoms with Gasteiger partial charge in [-0.1, -0.05) is 26.8 Å². The summed E-state index contributed by atoms with van der Waals surface area (Å²) in [4.78, 5) is 52.1. The fourth-order valence-electron chi connectivity index (χ4n) is 6.60. The van der Waals surface area contributed by atoms with Gasteiger partial charge in [0.2, 0.25) is 27.7 Å². The minimum absolute atomic E-state index is 0.0956. The van der Waals surface area contributed by atoms with Crippen molar-refractivity contribution in [3.8, 4) is 11.6 Å². The summed E-state index contributed by atoms with van der Waals surface area (Å²) < 4.78 is 39.9. The molecule has 0 spiro atoms. The lowest BCUT2D eigenvalue weighted by molar-refractivity contribution is -0.136. The molecule has 3 amide bonds. The number of methoxy groups -OCH3 is 1. The highest BCUT2D eigenvalue weighted by Crippen LogP contribution is 2.53. The number of imide groups is 1. The Morgan fingerprint density at radius 2 is 1.92 bits per heavy atom. The number of amides is 3. The first-order chi connectivity index (χ1) is 23.3. The van der Waals surface area contributed by atoms with Crippen molar-refractivity contribution < 1.29 is 32.3 Å². The molecule has 2 saturated carbocycles. The third-order valence-electron chi connectivity index (χ3n) is 9.50. The Morgan fingerprint density at radius 3 is 2.55 bits per heavy atom. The zero-order valence-corrected chi connectivity index (χ0v) is 28.8. The quantitative estimate of drug-likeness (QED) is 0.239. The van der Waals surface area contributed by atoms with Gasteiger partial charge in [0.05, 0.1) is 24.1 Å². The molecule has 5 atom stereocenters. The van der Waals surface area contributed by atoms with E-state index in [-0.39, 0.29) is 19.4 Å². The van der Waals surface area contributed by atoms with Crippen LogP contribution in [0.3, 0.4) is 0 Å². The number of nitrogens with zero attached hydrogens (tertiary/aromatic N) is 3. The number of nitrogens with one attached hydrogen (secondary N) is 3. The third-order valence-corrected chi connectivity index (χ3v) is 11.3. The Bertz CT molecular complexity index is 1880. The van der Waals surface area contributed by atoms with E-state index in [1.54, 1.807) is 54.9 Å². The van der Waals surface area contributed by atoms with Crippen LogP contribution in [0.1, 0.15) is 46.5 Å². The van der Waals surface area contributed by atoms with Gasteiger partial charge in [0, 0.05) is 42.9 Å². The molecule has 0 unspecified atom stereocenters. The number of fused-ring (bicyclic) bond motifs is 1. The van der Waals surface area contributed by atoms with Crippen molar-refractivity contribution in [2.24, 2.45) is 11.3 Å². The van der Waals surface area contributed by atoms with Crippen molar-refractivity contribution in [1.29, 1.82) is 0 Å². The number of hydrogen-bond donors (Lipinski definition) is 3. The van der Waals surface area contributed by atoms with Crippen LogP contribution in [0.5, 0.6) is 11.6 Å². The molecule has 3 fully saturated rings. The number of sulfonamides is 1. The smallest absolute Gasteiger partial charge is 0.254 e. The fourth-order valence-corrected chi connectivity index (χ4v) is 7.96. The van der Waals surface area contributed by atoms with Crippen LogP contribution in [-0.4, -0.2) is 83.6 Å². The van der Waals surface area contributed by atoms with Gasteiger partial charge in [0.25, 0.3) is 5.91 Å². The normalized spacial score (nSPS) is 24.4. The van der Waals surface area contributed by atoms with Gasteiger partial charge in [-0.05, 0) is 66.5 Å². The van der Waals surface area contributed by atoms with Crippen molar-refractivity contribution in [3.63, 3.8) is 0 Å². The summed E-state index contributed by atoms with van der Waals surface area (Å²) in [5.41, 5.74) is -1.36. The SMILES string of the molecule is C=C[C@@H]1C[C@@]1(C(=O)NS(=O)(=O)C1CC1)N1C[C@H](Oc2nccc3cc(OC)ccc23)C[C@H]1C(=O)NC(=O)[C@@H](Nc1cccnc1)C(C)(C)C. The molecule has 260 valence electrons. The minimum atomic E-state index is -3.88. The number of hydrogen-bond acceptors (Lipinski definition) is 11. The highest BCUT2D eigenvalue weighted by Gasteiger charge is 2.67. The average Bonchev–Trinajstić information content (AvgIpc) is 4.00. The van der Waals surface area contributed by atoms with Crippen LogP contribution in [0, 0.1) is 11.3 Å². The summed E-state index contributed by atoms with van der Waals surface area (Å²) in [6, 6.07) is 9.00.